The Morgan fingerprint density at radius 1 is 0.976 bits per heavy atom. The molecular formula is C29H21BrN2O10. The van der Waals surface area contributed by atoms with Crippen molar-refractivity contribution in [2.45, 2.75) is 38.2 Å². The second kappa shape index (κ2) is 9.11. The number of benzene rings is 1. The van der Waals surface area contributed by atoms with Crippen LogP contribution in [0.3, 0.4) is 0 Å². The summed E-state index contributed by atoms with van der Waals surface area (Å²) in [6.07, 6.45) is 1.12. The Bertz CT molecular complexity index is 2410. The van der Waals surface area contributed by atoms with Crippen LogP contribution in [-0.4, -0.2) is 39.7 Å². The number of fused-ring (bicyclic) bond motifs is 4. The molecule has 0 radical (unpaired) electrons. The summed E-state index contributed by atoms with van der Waals surface area (Å²) in [5.41, 5.74) is -6.38. The summed E-state index contributed by atoms with van der Waals surface area (Å²) in [5, 5.41) is 35.8. The first-order chi connectivity index (χ1) is 19.9. The van der Waals surface area contributed by atoms with Gasteiger partial charge < -0.3 is 29.9 Å². The van der Waals surface area contributed by atoms with Crippen molar-refractivity contribution in [3.63, 3.8) is 0 Å². The lowest BCUT2D eigenvalue weighted by atomic mass is 9.78. The Balaban J connectivity index is 1.73. The second-order valence-electron chi connectivity index (χ2n) is 10.4. The van der Waals surface area contributed by atoms with Crippen LogP contribution in [0.25, 0.3) is 22.3 Å². The van der Waals surface area contributed by atoms with Gasteiger partial charge in [0.2, 0.25) is 16.3 Å². The van der Waals surface area contributed by atoms with E-state index in [4.69, 9.17) is 9.57 Å². The molecule has 6 rings (SSSR count). The summed E-state index contributed by atoms with van der Waals surface area (Å²) in [7, 11) is 1.12. The molecule has 0 saturated carbocycles. The number of aromatic amines is 1. The third-order valence-electron chi connectivity index (χ3n) is 7.84. The van der Waals surface area contributed by atoms with E-state index < -0.39 is 76.6 Å². The SMILES string of the molecule is COc1cc(=O)c2c(=O)c3c(c(=O)c=2c1=O)=C(O)[C@]1(CCc2c1c(O)c1c(=O)[nH]c(/C=N/OC(C)C)cc1c2Br)C=3O. The van der Waals surface area contributed by atoms with E-state index in [0.29, 0.717) is 15.4 Å². The average Bonchev–Trinajstić information content (AvgIpc) is 3.44. The minimum absolute atomic E-state index is 0.0896. The highest BCUT2D eigenvalue weighted by molar-refractivity contribution is 9.10. The van der Waals surface area contributed by atoms with Crippen LogP contribution in [0, 0.1) is 10.4 Å². The molecule has 0 amide bonds. The van der Waals surface area contributed by atoms with Crippen molar-refractivity contribution in [1.82, 2.24) is 4.98 Å². The van der Waals surface area contributed by atoms with E-state index in [0.717, 1.165) is 13.2 Å². The molecule has 0 aliphatic heterocycles. The molecule has 1 spiro atoms. The minimum atomic E-state index is -2.00. The van der Waals surface area contributed by atoms with Crippen LogP contribution in [0.2, 0.25) is 0 Å². The summed E-state index contributed by atoms with van der Waals surface area (Å²) in [6.45, 7) is 3.55. The van der Waals surface area contributed by atoms with Gasteiger partial charge in [-0.2, -0.15) is 0 Å². The fourth-order valence-corrected chi connectivity index (χ4v) is 6.80. The Hall–Kier alpha value is -4.78. The number of H-pyrrole nitrogens is 1. The second-order valence-corrected chi connectivity index (χ2v) is 11.2. The molecule has 4 aliphatic carbocycles. The molecule has 12 nitrogen and oxygen atoms in total. The third-order valence-corrected chi connectivity index (χ3v) is 8.75. The van der Waals surface area contributed by atoms with Gasteiger partial charge in [0.1, 0.15) is 28.8 Å². The van der Waals surface area contributed by atoms with Crippen molar-refractivity contribution in [2.75, 3.05) is 7.11 Å². The zero-order valence-corrected chi connectivity index (χ0v) is 23.8. The minimum Gasteiger partial charge on any atom is -0.510 e. The van der Waals surface area contributed by atoms with Gasteiger partial charge in [-0.15, -0.1) is 0 Å². The number of hydrogen-bond donors (Lipinski definition) is 4. The number of aliphatic hydroxyl groups excluding tert-OH is 2. The molecule has 1 aromatic carbocycles. The number of ether oxygens (including phenoxy) is 1. The molecule has 2 aromatic rings. The van der Waals surface area contributed by atoms with Gasteiger partial charge in [0.15, 0.2) is 11.2 Å². The van der Waals surface area contributed by atoms with E-state index in [1.165, 1.54) is 6.21 Å². The number of aromatic nitrogens is 1. The fourth-order valence-electron chi connectivity index (χ4n) is 6.09. The number of aliphatic hydroxyl groups is 2. The molecule has 42 heavy (non-hydrogen) atoms. The predicted octanol–water partition coefficient (Wildman–Crippen LogP) is 0.0351. The van der Waals surface area contributed by atoms with E-state index in [2.05, 4.69) is 26.1 Å². The zero-order chi connectivity index (χ0) is 30.4. The molecule has 0 bridgehead atoms. The van der Waals surface area contributed by atoms with E-state index in [-0.39, 0.29) is 35.6 Å². The number of nitrogens with zero attached hydrogens (tertiary/aromatic N) is 1. The molecule has 0 unspecified atom stereocenters. The highest BCUT2D eigenvalue weighted by atomic mass is 79.9. The summed E-state index contributed by atoms with van der Waals surface area (Å²) < 4.78 is 5.26. The largest absolute Gasteiger partial charge is 0.510 e. The van der Waals surface area contributed by atoms with Crippen LogP contribution < -0.4 is 42.4 Å². The van der Waals surface area contributed by atoms with Gasteiger partial charge in [-0.3, -0.25) is 24.0 Å². The van der Waals surface area contributed by atoms with Crippen molar-refractivity contribution >= 4 is 44.4 Å². The number of oxime groups is 1. The van der Waals surface area contributed by atoms with Crippen LogP contribution >= 0.6 is 15.9 Å². The highest BCUT2D eigenvalue weighted by Crippen LogP contribution is 2.56. The molecule has 1 heterocycles. The van der Waals surface area contributed by atoms with Gasteiger partial charge in [0.25, 0.3) is 5.56 Å². The summed E-state index contributed by atoms with van der Waals surface area (Å²) in [4.78, 5) is 73.8. The first kappa shape index (κ1) is 27.4. The molecule has 214 valence electrons. The number of methoxy groups -OCH3 is 1. The molecule has 0 fully saturated rings. The molecule has 13 heteroatoms. The molecule has 4 N–H and O–H groups in total. The number of aromatic hydroxyl groups is 1. The Morgan fingerprint density at radius 2 is 1.62 bits per heavy atom. The van der Waals surface area contributed by atoms with E-state index in [9.17, 15) is 39.3 Å². The predicted molar refractivity (Wildman–Crippen MR) is 155 cm³/mol. The Morgan fingerprint density at radius 3 is 2.24 bits per heavy atom. The normalized spacial score (nSPS) is 17.7. The maximum absolute atomic E-state index is 13.6. The number of nitrogens with one attached hydrogen (secondary N) is 1. The van der Waals surface area contributed by atoms with Gasteiger partial charge in [-0.25, -0.2) is 0 Å². The topological polar surface area (TPSA) is 193 Å². The average molecular weight is 637 g/mol. The number of rotatable bonds is 4. The van der Waals surface area contributed by atoms with Crippen LogP contribution in [0.1, 0.15) is 37.1 Å². The lowest BCUT2D eigenvalue weighted by molar-refractivity contribution is 0.0873. The van der Waals surface area contributed by atoms with Gasteiger partial charge in [0, 0.05) is 21.5 Å². The lowest BCUT2D eigenvalue weighted by Gasteiger charge is -2.27. The molecular weight excluding hydrogens is 616 g/mol. The summed E-state index contributed by atoms with van der Waals surface area (Å²) in [5.74, 6) is -2.59. The highest BCUT2D eigenvalue weighted by Gasteiger charge is 2.53. The van der Waals surface area contributed by atoms with Gasteiger partial charge >= 0.3 is 0 Å². The number of halogens is 1. The van der Waals surface area contributed by atoms with E-state index >= 15 is 0 Å². The molecule has 1 aromatic heterocycles. The van der Waals surface area contributed by atoms with Crippen LogP contribution in [0.5, 0.6) is 11.5 Å². The van der Waals surface area contributed by atoms with Crippen molar-refractivity contribution in [1.29, 1.82) is 0 Å². The van der Waals surface area contributed by atoms with Gasteiger partial charge in [-0.05, 0) is 54.2 Å². The third kappa shape index (κ3) is 3.33. The van der Waals surface area contributed by atoms with Crippen molar-refractivity contribution < 1.29 is 24.9 Å². The van der Waals surface area contributed by atoms with Crippen molar-refractivity contribution in [3.05, 3.63) is 106 Å². The van der Waals surface area contributed by atoms with Crippen LogP contribution in [-0.2, 0) is 16.7 Å². The Labute approximate surface area is 241 Å². The van der Waals surface area contributed by atoms with Crippen LogP contribution in [0.15, 0.2) is 45.7 Å². The smallest absolute Gasteiger partial charge is 0.260 e. The number of pyridine rings is 1. The monoisotopic (exact) mass is 636 g/mol. The molecule has 0 saturated heterocycles. The Kier molecular flexibility index (Phi) is 5.94. The van der Waals surface area contributed by atoms with Crippen LogP contribution in [0.4, 0.5) is 0 Å². The van der Waals surface area contributed by atoms with Crippen molar-refractivity contribution in [2.24, 2.45) is 5.16 Å². The number of phenolic OH excluding ortho intramolecular Hbond substituents is 1. The molecule has 1 atom stereocenters. The standard InChI is InChI=1S/C29H21BrN2O10/c1-9(2)42-31-8-10-6-12-15(28(40)32-10)25(37)20-11(21(12)30)4-5-29(20)26(38)18-19(27(29)39)24(36)17-16(23(18)35)13(33)7-14(41-3)22(17)34/h6-9,37-39H,4-5H2,1-3H3,(H,32,40)/b31-8+/t29-/m0/s1. The zero-order valence-electron chi connectivity index (χ0n) is 22.2. The van der Waals surface area contributed by atoms with E-state index in [1.54, 1.807) is 19.9 Å². The van der Waals surface area contributed by atoms with Gasteiger partial charge in [-0.1, -0.05) is 5.16 Å². The first-order valence-electron chi connectivity index (χ1n) is 12.7. The number of phenols is 1. The quantitative estimate of drug-likeness (QED) is 0.175. The first-order valence-corrected chi connectivity index (χ1v) is 13.5. The maximum Gasteiger partial charge on any atom is 0.260 e. The van der Waals surface area contributed by atoms with Crippen molar-refractivity contribution in [3.8, 4) is 11.5 Å². The maximum atomic E-state index is 13.6. The molecule has 4 aliphatic rings. The summed E-state index contributed by atoms with van der Waals surface area (Å²) in [6, 6.07) is 2.33. The fraction of sp³-hybridized carbons (Fsp3) is 0.241. The van der Waals surface area contributed by atoms with E-state index in [1.807, 2.05) is 0 Å². The summed E-state index contributed by atoms with van der Waals surface area (Å²) >= 11 is 3.49. The number of hydrogen-bond acceptors (Lipinski definition) is 11. The lowest BCUT2D eigenvalue weighted by Crippen LogP contribution is -2.51. The van der Waals surface area contributed by atoms with Gasteiger partial charge in [0.05, 0.1) is 45.3 Å².